The van der Waals surface area contributed by atoms with Crippen molar-refractivity contribution in [1.82, 2.24) is 19.3 Å². The summed E-state index contributed by atoms with van der Waals surface area (Å²) in [6.45, 7) is 4.82. The van der Waals surface area contributed by atoms with Gasteiger partial charge in [-0.3, -0.25) is 4.79 Å². The third-order valence-electron chi connectivity index (χ3n) is 4.22. The number of hydrogen-bond acceptors (Lipinski definition) is 7. The second-order valence-electron chi connectivity index (χ2n) is 6.26. The van der Waals surface area contributed by atoms with Gasteiger partial charge in [-0.1, -0.05) is 5.16 Å². The molecule has 0 radical (unpaired) electrons. The molecule has 1 atom stereocenters. The molecule has 3 heterocycles. The SMILES string of the molecule is Cc1noc(C2CN(C(=O)[C@@]3(C)CN(S(C)(=O)=O)CCO3)C2)n1. The molecule has 2 aliphatic rings. The number of carbonyl (C=O) groups is 1. The number of aromatic nitrogens is 2. The first-order chi connectivity index (χ1) is 10.7. The molecule has 2 aliphatic heterocycles. The van der Waals surface area contributed by atoms with Gasteiger partial charge in [0.1, 0.15) is 0 Å². The molecule has 9 nitrogen and oxygen atoms in total. The van der Waals surface area contributed by atoms with Gasteiger partial charge in [0.25, 0.3) is 5.91 Å². The molecular formula is C13H20N4O5S. The van der Waals surface area contributed by atoms with Crippen LogP contribution in [0.5, 0.6) is 0 Å². The molecule has 2 fully saturated rings. The Labute approximate surface area is 134 Å². The quantitative estimate of drug-likeness (QED) is 0.717. The van der Waals surface area contributed by atoms with Crippen molar-refractivity contribution >= 4 is 15.9 Å². The summed E-state index contributed by atoms with van der Waals surface area (Å²) in [7, 11) is -3.35. The molecule has 0 aromatic carbocycles. The monoisotopic (exact) mass is 344 g/mol. The normalized spacial score (nSPS) is 27.0. The van der Waals surface area contributed by atoms with Crippen molar-refractivity contribution in [2.45, 2.75) is 25.4 Å². The van der Waals surface area contributed by atoms with Crippen LogP contribution in [0.3, 0.4) is 0 Å². The molecule has 0 spiro atoms. The number of ether oxygens (including phenoxy) is 1. The molecule has 0 unspecified atom stereocenters. The maximum absolute atomic E-state index is 12.7. The van der Waals surface area contributed by atoms with Crippen LogP contribution in [0.25, 0.3) is 0 Å². The Bertz CT molecular complexity index is 712. The average molecular weight is 344 g/mol. The molecule has 1 aromatic heterocycles. The minimum Gasteiger partial charge on any atom is -0.363 e. The average Bonchev–Trinajstić information content (AvgIpc) is 2.82. The fraction of sp³-hybridized carbons (Fsp3) is 0.769. The van der Waals surface area contributed by atoms with Gasteiger partial charge in [-0.25, -0.2) is 8.42 Å². The highest BCUT2D eigenvalue weighted by molar-refractivity contribution is 7.88. The molecule has 10 heteroatoms. The molecule has 1 amide bonds. The standard InChI is InChI=1S/C13H20N4O5S/c1-9-14-11(22-15-9)10-6-16(7-10)12(18)13(2)8-17(4-5-21-13)23(3,19)20/h10H,4-8H2,1-3H3/t13-/m1/s1. The topological polar surface area (TPSA) is 106 Å². The number of likely N-dealkylation sites (tertiary alicyclic amines) is 1. The summed E-state index contributed by atoms with van der Waals surface area (Å²) in [5, 5.41) is 3.74. The van der Waals surface area contributed by atoms with Crippen molar-refractivity contribution < 1.29 is 22.5 Å². The Hall–Kier alpha value is -1.52. The molecule has 0 aliphatic carbocycles. The first-order valence-electron chi connectivity index (χ1n) is 7.38. The maximum Gasteiger partial charge on any atom is 0.255 e. The fourth-order valence-electron chi connectivity index (χ4n) is 2.86. The Morgan fingerprint density at radius 2 is 2.09 bits per heavy atom. The third-order valence-corrected chi connectivity index (χ3v) is 5.47. The second kappa shape index (κ2) is 5.53. The van der Waals surface area contributed by atoms with Gasteiger partial charge in [-0.2, -0.15) is 9.29 Å². The van der Waals surface area contributed by atoms with Crippen LogP contribution in [0.1, 0.15) is 24.6 Å². The smallest absolute Gasteiger partial charge is 0.255 e. The van der Waals surface area contributed by atoms with Crippen LogP contribution in [0, 0.1) is 6.92 Å². The zero-order chi connectivity index (χ0) is 16.8. The van der Waals surface area contributed by atoms with E-state index in [1.165, 1.54) is 4.31 Å². The predicted octanol–water partition coefficient (Wildman–Crippen LogP) is -0.646. The highest BCUT2D eigenvalue weighted by Gasteiger charge is 2.47. The number of carbonyl (C=O) groups excluding carboxylic acids is 1. The van der Waals surface area contributed by atoms with Gasteiger partial charge in [0.05, 0.1) is 25.3 Å². The van der Waals surface area contributed by atoms with Crippen LogP contribution in [-0.4, -0.2) is 78.3 Å². The van der Waals surface area contributed by atoms with E-state index in [0.29, 0.717) is 24.8 Å². The first kappa shape index (κ1) is 16.3. The number of hydrogen-bond donors (Lipinski definition) is 0. The van der Waals surface area contributed by atoms with E-state index in [-0.39, 0.29) is 31.5 Å². The number of morpholine rings is 1. The Balaban J connectivity index is 1.64. The van der Waals surface area contributed by atoms with Gasteiger partial charge in [0.15, 0.2) is 11.4 Å². The summed E-state index contributed by atoms with van der Waals surface area (Å²) in [6, 6.07) is 0. The lowest BCUT2D eigenvalue weighted by Gasteiger charge is -2.45. The fourth-order valence-corrected chi connectivity index (χ4v) is 3.75. The minimum atomic E-state index is -3.35. The van der Waals surface area contributed by atoms with E-state index in [1.807, 2.05) is 0 Å². The van der Waals surface area contributed by atoms with E-state index >= 15 is 0 Å². The van der Waals surface area contributed by atoms with Crippen LogP contribution in [0.15, 0.2) is 4.52 Å². The molecule has 3 rings (SSSR count). The van der Waals surface area contributed by atoms with Gasteiger partial charge in [0, 0.05) is 19.6 Å². The molecule has 2 saturated heterocycles. The van der Waals surface area contributed by atoms with Gasteiger partial charge >= 0.3 is 0 Å². The van der Waals surface area contributed by atoms with Crippen LogP contribution in [0.2, 0.25) is 0 Å². The lowest BCUT2D eigenvalue weighted by Crippen LogP contribution is -2.63. The number of rotatable bonds is 3. The number of sulfonamides is 1. The van der Waals surface area contributed by atoms with Crippen LogP contribution < -0.4 is 0 Å². The van der Waals surface area contributed by atoms with E-state index < -0.39 is 15.6 Å². The Morgan fingerprint density at radius 1 is 1.39 bits per heavy atom. The highest BCUT2D eigenvalue weighted by Crippen LogP contribution is 2.30. The van der Waals surface area contributed by atoms with E-state index in [1.54, 1.807) is 18.7 Å². The van der Waals surface area contributed by atoms with Gasteiger partial charge in [-0.05, 0) is 13.8 Å². The molecule has 1 aromatic rings. The van der Waals surface area contributed by atoms with Crippen molar-refractivity contribution in [2.75, 3.05) is 39.0 Å². The summed E-state index contributed by atoms with van der Waals surface area (Å²) < 4.78 is 35.4. The van der Waals surface area contributed by atoms with Gasteiger partial charge in [-0.15, -0.1) is 0 Å². The summed E-state index contributed by atoms with van der Waals surface area (Å²) in [5.41, 5.74) is -1.16. The predicted molar refractivity (Wildman–Crippen MR) is 79.1 cm³/mol. The van der Waals surface area contributed by atoms with Gasteiger partial charge < -0.3 is 14.2 Å². The lowest BCUT2D eigenvalue weighted by molar-refractivity contribution is -0.168. The largest absolute Gasteiger partial charge is 0.363 e. The number of amides is 1. The van der Waals surface area contributed by atoms with E-state index in [2.05, 4.69) is 10.1 Å². The molecular weight excluding hydrogens is 324 g/mol. The van der Waals surface area contributed by atoms with Crippen LogP contribution in [0.4, 0.5) is 0 Å². The summed E-state index contributed by atoms with van der Waals surface area (Å²) in [5.74, 6) is 0.909. The second-order valence-corrected chi connectivity index (χ2v) is 8.25. The molecule has 23 heavy (non-hydrogen) atoms. The first-order valence-corrected chi connectivity index (χ1v) is 9.22. The zero-order valence-corrected chi connectivity index (χ0v) is 14.2. The van der Waals surface area contributed by atoms with Crippen LogP contribution >= 0.6 is 0 Å². The van der Waals surface area contributed by atoms with Crippen molar-refractivity contribution in [3.05, 3.63) is 11.7 Å². The van der Waals surface area contributed by atoms with Crippen molar-refractivity contribution in [1.29, 1.82) is 0 Å². The Morgan fingerprint density at radius 3 is 2.65 bits per heavy atom. The zero-order valence-electron chi connectivity index (χ0n) is 13.4. The van der Waals surface area contributed by atoms with Crippen molar-refractivity contribution in [3.63, 3.8) is 0 Å². The molecule has 0 bridgehead atoms. The minimum absolute atomic E-state index is 0.0263. The highest BCUT2D eigenvalue weighted by atomic mass is 32.2. The van der Waals surface area contributed by atoms with E-state index in [9.17, 15) is 13.2 Å². The van der Waals surface area contributed by atoms with Crippen LogP contribution in [-0.2, 0) is 19.6 Å². The number of nitrogens with zero attached hydrogens (tertiary/aromatic N) is 4. The van der Waals surface area contributed by atoms with Crippen molar-refractivity contribution in [2.24, 2.45) is 0 Å². The van der Waals surface area contributed by atoms with E-state index in [4.69, 9.17) is 9.26 Å². The number of aryl methyl sites for hydroxylation is 1. The summed E-state index contributed by atoms with van der Waals surface area (Å²) in [6.07, 6.45) is 1.14. The van der Waals surface area contributed by atoms with Crippen molar-refractivity contribution in [3.8, 4) is 0 Å². The Kier molecular flexibility index (Phi) is 3.93. The summed E-state index contributed by atoms with van der Waals surface area (Å²) in [4.78, 5) is 18.5. The summed E-state index contributed by atoms with van der Waals surface area (Å²) >= 11 is 0. The lowest BCUT2D eigenvalue weighted by atomic mass is 9.95. The molecule has 0 saturated carbocycles. The van der Waals surface area contributed by atoms with E-state index in [0.717, 1.165) is 6.26 Å². The maximum atomic E-state index is 12.7. The van der Waals surface area contributed by atoms with Gasteiger partial charge in [0.2, 0.25) is 15.9 Å². The third kappa shape index (κ3) is 3.10. The molecule has 0 N–H and O–H groups in total. The molecule has 128 valence electrons.